The summed E-state index contributed by atoms with van der Waals surface area (Å²) in [5.74, 6) is 0.451. The molecule has 29 heavy (non-hydrogen) atoms. The molecule has 0 aliphatic heterocycles. The van der Waals surface area contributed by atoms with Gasteiger partial charge in [-0.25, -0.2) is 4.68 Å². The number of fused-ring (bicyclic) bond motifs is 1. The second-order valence-electron chi connectivity index (χ2n) is 7.09. The Bertz CT molecular complexity index is 950. The van der Waals surface area contributed by atoms with Crippen molar-refractivity contribution in [2.45, 2.75) is 37.8 Å². The molecular formula is C20H25ClN6O2. The zero-order chi connectivity index (χ0) is 19.3. The Morgan fingerprint density at radius 1 is 1.21 bits per heavy atom. The highest BCUT2D eigenvalue weighted by atomic mass is 35.5. The average molecular weight is 417 g/mol. The van der Waals surface area contributed by atoms with E-state index in [1.807, 2.05) is 30.3 Å². The van der Waals surface area contributed by atoms with E-state index in [0.29, 0.717) is 24.6 Å². The second kappa shape index (κ2) is 9.67. The largest absolute Gasteiger partial charge is 0.489 e. The third kappa shape index (κ3) is 5.02. The Labute approximate surface area is 175 Å². The number of para-hydroxylation sites is 1. The van der Waals surface area contributed by atoms with E-state index in [-0.39, 0.29) is 30.4 Å². The van der Waals surface area contributed by atoms with Gasteiger partial charge in [0.15, 0.2) is 5.69 Å². The van der Waals surface area contributed by atoms with E-state index in [2.05, 4.69) is 20.6 Å². The minimum atomic E-state index is -0.251. The highest BCUT2D eigenvalue weighted by Gasteiger charge is 2.22. The molecule has 0 saturated heterocycles. The number of hydrogen-bond donors (Lipinski definition) is 2. The molecule has 1 aliphatic carbocycles. The number of nitrogens with one attached hydrogen (secondary N) is 1. The van der Waals surface area contributed by atoms with Crippen molar-refractivity contribution in [1.29, 1.82) is 0 Å². The van der Waals surface area contributed by atoms with Gasteiger partial charge in [0.1, 0.15) is 17.9 Å². The number of nitrogens with two attached hydrogens (primary N) is 1. The maximum Gasteiger partial charge on any atom is 0.273 e. The molecule has 1 aliphatic rings. The van der Waals surface area contributed by atoms with E-state index in [4.69, 9.17) is 10.5 Å². The van der Waals surface area contributed by atoms with Gasteiger partial charge < -0.3 is 15.8 Å². The van der Waals surface area contributed by atoms with Gasteiger partial charge in [-0.1, -0.05) is 23.4 Å². The molecule has 0 spiro atoms. The summed E-state index contributed by atoms with van der Waals surface area (Å²) in [6.07, 6.45) is 7.35. The number of carbonyl (C=O) groups is 1. The summed E-state index contributed by atoms with van der Waals surface area (Å²) in [5.41, 5.74) is 7.08. The van der Waals surface area contributed by atoms with Crippen LogP contribution in [-0.2, 0) is 0 Å². The van der Waals surface area contributed by atoms with Crippen LogP contribution in [0, 0.1) is 0 Å². The van der Waals surface area contributed by atoms with Crippen LogP contribution in [-0.4, -0.2) is 45.1 Å². The first kappa shape index (κ1) is 21.0. The molecule has 4 rings (SSSR count). The number of carbonyl (C=O) groups excluding carboxylic acids is 1. The summed E-state index contributed by atoms with van der Waals surface area (Å²) in [6, 6.07) is 10.2. The highest BCUT2D eigenvalue weighted by molar-refractivity contribution is 5.91. The molecule has 1 fully saturated rings. The minimum absolute atomic E-state index is 0. The number of pyridine rings is 1. The van der Waals surface area contributed by atoms with Crippen LogP contribution >= 0.6 is 12.4 Å². The van der Waals surface area contributed by atoms with Crippen molar-refractivity contribution < 1.29 is 9.53 Å². The van der Waals surface area contributed by atoms with Crippen LogP contribution in [0.2, 0.25) is 0 Å². The number of ether oxygens (including phenoxy) is 1. The molecule has 1 saturated carbocycles. The second-order valence-corrected chi connectivity index (χ2v) is 7.09. The van der Waals surface area contributed by atoms with Crippen molar-refractivity contribution in [3.8, 4) is 5.75 Å². The first-order valence-electron chi connectivity index (χ1n) is 9.63. The van der Waals surface area contributed by atoms with Crippen LogP contribution in [0.3, 0.4) is 0 Å². The summed E-state index contributed by atoms with van der Waals surface area (Å²) in [6.45, 7) is 0.712. The molecule has 8 nitrogen and oxygen atoms in total. The maximum absolute atomic E-state index is 12.3. The van der Waals surface area contributed by atoms with E-state index in [9.17, 15) is 4.79 Å². The summed E-state index contributed by atoms with van der Waals surface area (Å²) >= 11 is 0. The lowest BCUT2D eigenvalue weighted by Crippen LogP contribution is -2.29. The van der Waals surface area contributed by atoms with E-state index >= 15 is 0 Å². The Hall–Kier alpha value is -2.71. The number of hydrogen-bond acceptors (Lipinski definition) is 6. The Morgan fingerprint density at radius 2 is 2.00 bits per heavy atom. The van der Waals surface area contributed by atoms with E-state index in [0.717, 1.165) is 36.6 Å². The van der Waals surface area contributed by atoms with Crippen molar-refractivity contribution in [2.24, 2.45) is 5.73 Å². The fourth-order valence-electron chi connectivity index (χ4n) is 3.53. The third-order valence-electron chi connectivity index (χ3n) is 5.10. The SMILES string of the molecule is Cl.NC1CCC(n2cc(C(=O)NCCOc3cccc4cccnc34)nn2)CC1. The first-order valence-corrected chi connectivity index (χ1v) is 9.63. The molecule has 1 amide bonds. The lowest BCUT2D eigenvalue weighted by Gasteiger charge is -2.25. The van der Waals surface area contributed by atoms with Crippen LogP contribution < -0.4 is 15.8 Å². The summed E-state index contributed by atoms with van der Waals surface area (Å²) in [5, 5.41) is 12.0. The molecule has 9 heteroatoms. The van der Waals surface area contributed by atoms with E-state index in [1.54, 1.807) is 17.1 Å². The number of aromatic nitrogens is 4. The van der Waals surface area contributed by atoms with Crippen molar-refractivity contribution >= 4 is 29.2 Å². The van der Waals surface area contributed by atoms with Gasteiger partial charge in [-0.3, -0.25) is 9.78 Å². The predicted molar refractivity (Wildman–Crippen MR) is 112 cm³/mol. The van der Waals surface area contributed by atoms with Crippen molar-refractivity contribution in [3.63, 3.8) is 0 Å². The molecule has 154 valence electrons. The molecule has 2 heterocycles. The fraction of sp³-hybridized carbons (Fsp3) is 0.400. The number of halogens is 1. The lowest BCUT2D eigenvalue weighted by molar-refractivity contribution is 0.0942. The van der Waals surface area contributed by atoms with E-state index < -0.39 is 0 Å². The van der Waals surface area contributed by atoms with Crippen molar-refractivity contribution in [1.82, 2.24) is 25.3 Å². The molecular weight excluding hydrogens is 392 g/mol. The number of amides is 1. The smallest absolute Gasteiger partial charge is 0.273 e. The van der Waals surface area contributed by atoms with Gasteiger partial charge in [0.05, 0.1) is 18.8 Å². The third-order valence-corrected chi connectivity index (χ3v) is 5.10. The zero-order valence-corrected chi connectivity index (χ0v) is 16.8. The summed E-state index contributed by atoms with van der Waals surface area (Å²) < 4.78 is 7.58. The number of benzene rings is 1. The molecule has 0 atom stereocenters. The fourth-order valence-corrected chi connectivity index (χ4v) is 3.53. The maximum atomic E-state index is 12.3. The van der Waals surface area contributed by atoms with Crippen LogP contribution in [0.1, 0.15) is 42.2 Å². The summed E-state index contributed by atoms with van der Waals surface area (Å²) in [4.78, 5) is 16.7. The van der Waals surface area contributed by atoms with Gasteiger partial charge in [0.25, 0.3) is 5.91 Å². The predicted octanol–water partition coefficient (Wildman–Crippen LogP) is 2.50. The number of rotatable bonds is 6. The van der Waals surface area contributed by atoms with Gasteiger partial charge in [-0.2, -0.15) is 0 Å². The van der Waals surface area contributed by atoms with Crippen LogP contribution in [0.25, 0.3) is 10.9 Å². The highest BCUT2D eigenvalue weighted by Crippen LogP contribution is 2.26. The Balaban J connectivity index is 0.00000240. The van der Waals surface area contributed by atoms with Crippen LogP contribution in [0.5, 0.6) is 5.75 Å². The lowest BCUT2D eigenvalue weighted by atomic mass is 9.92. The van der Waals surface area contributed by atoms with Gasteiger partial charge in [0.2, 0.25) is 0 Å². The molecule has 3 N–H and O–H groups in total. The van der Waals surface area contributed by atoms with Crippen LogP contribution in [0.15, 0.2) is 42.7 Å². The number of nitrogens with zero attached hydrogens (tertiary/aromatic N) is 4. The molecule has 2 aromatic heterocycles. The normalized spacial score (nSPS) is 18.8. The van der Waals surface area contributed by atoms with Gasteiger partial charge in [0, 0.05) is 17.6 Å². The zero-order valence-electron chi connectivity index (χ0n) is 16.0. The van der Waals surface area contributed by atoms with E-state index in [1.165, 1.54) is 0 Å². The quantitative estimate of drug-likeness (QED) is 0.597. The summed E-state index contributed by atoms with van der Waals surface area (Å²) in [7, 11) is 0. The first-order chi connectivity index (χ1) is 13.7. The van der Waals surface area contributed by atoms with Crippen molar-refractivity contribution in [3.05, 3.63) is 48.4 Å². The molecule has 0 unspecified atom stereocenters. The molecule has 0 radical (unpaired) electrons. The topological polar surface area (TPSA) is 108 Å². The molecule has 0 bridgehead atoms. The molecule has 3 aromatic rings. The Morgan fingerprint density at radius 3 is 2.83 bits per heavy atom. The van der Waals surface area contributed by atoms with Gasteiger partial charge in [-0.05, 0) is 37.8 Å². The monoisotopic (exact) mass is 416 g/mol. The van der Waals surface area contributed by atoms with Crippen LogP contribution in [0.4, 0.5) is 0 Å². The standard InChI is InChI=1S/C20H24N6O2.ClH/c21-15-6-8-16(9-7-15)26-13-17(24-25-26)20(27)23-11-12-28-18-5-1-3-14-4-2-10-22-19(14)18;/h1-5,10,13,15-16H,6-9,11-12,21H2,(H,23,27);1H. The molecule has 1 aromatic carbocycles. The van der Waals surface area contributed by atoms with Crippen molar-refractivity contribution in [2.75, 3.05) is 13.2 Å². The Kier molecular flexibility index (Phi) is 7.00. The average Bonchev–Trinajstić information content (AvgIpc) is 3.22. The minimum Gasteiger partial charge on any atom is -0.489 e. The van der Waals surface area contributed by atoms with Gasteiger partial charge in [-0.15, -0.1) is 17.5 Å². The van der Waals surface area contributed by atoms with Gasteiger partial charge >= 0.3 is 0 Å².